The van der Waals surface area contributed by atoms with E-state index in [9.17, 15) is 0 Å². The molecule has 0 radical (unpaired) electrons. The number of hydrogen-bond acceptors (Lipinski definition) is 2. The molecule has 2 rings (SSSR count). The zero-order valence-corrected chi connectivity index (χ0v) is 26.7. The molecular weight excluding hydrogens is 473 g/mol. The van der Waals surface area contributed by atoms with Crippen LogP contribution in [-0.2, 0) is 8.85 Å². The summed E-state index contributed by atoms with van der Waals surface area (Å²) in [6.07, 6.45) is 4.61. The highest BCUT2D eigenvalue weighted by Crippen LogP contribution is 2.38. The van der Waals surface area contributed by atoms with Gasteiger partial charge in [-0.05, 0) is 58.9 Å². The first-order valence-electron chi connectivity index (χ1n) is 13.3. The number of benzene rings is 2. The minimum atomic E-state index is -2.51. The maximum absolute atomic E-state index is 7.12. The van der Waals surface area contributed by atoms with E-state index in [2.05, 4.69) is 148 Å². The van der Waals surface area contributed by atoms with Crippen molar-refractivity contribution in [3.8, 4) is 0 Å². The van der Waals surface area contributed by atoms with E-state index in [1.54, 1.807) is 0 Å². The van der Waals surface area contributed by atoms with E-state index < -0.39 is 16.6 Å². The molecule has 0 saturated heterocycles. The van der Waals surface area contributed by atoms with E-state index in [1.807, 2.05) is 0 Å². The summed E-state index contributed by atoms with van der Waals surface area (Å²) in [4.78, 5) is 0. The fourth-order valence-corrected chi connectivity index (χ4v) is 10.2. The Morgan fingerprint density at radius 2 is 1.25 bits per heavy atom. The second-order valence-corrected chi connectivity index (χ2v) is 22.0. The Morgan fingerprint density at radius 1 is 0.778 bits per heavy atom. The molecule has 0 spiro atoms. The molecule has 2 aromatic carbocycles. The predicted octanol–water partition coefficient (Wildman–Crippen LogP) is 8.11. The van der Waals surface area contributed by atoms with Crippen LogP contribution in [0.3, 0.4) is 0 Å². The summed E-state index contributed by atoms with van der Waals surface area (Å²) in [5.74, 6) is 0.303. The van der Waals surface area contributed by atoms with Gasteiger partial charge in [0.1, 0.15) is 0 Å². The van der Waals surface area contributed by atoms with Gasteiger partial charge in [-0.1, -0.05) is 127 Å². The first-order chi connectivity index (χ1) is 16.6. The fourth-order valence-electron chi connectivity index (χ4n) is 4.50. The molecule has 0 fully saturated rings. The molecule has 2 aromatic rings. The van der Waals surface area contributed by atoms with Crippen molar-refractivity contribution < 1.29 is 8.85 Å². The summed E-state index contributed by atoms with van der Waals surface area (Å²) in [7, 11) is -4.25. The van der Waals surface area contributed by atoms with E-state index in [4.69, 9.17) is 8.85 Å². The lowest BCUT2D eigenvalue weighted by atomic mass is 10.1. The van der Waals surface area contributed by atoms with Crippen molar-refractivity contribution in [1.29, 1.82) is 0 Å². The average Bonchev–Trinajstić information content (AvgIpc) is 2.78. The Balaban J connectivity index is 2.24. The van der Waals surface area contributed by atoms with Gasteiger partial charge in [0.05, 0.1) is 6.61 Å². The summed E-state index contributed by atoms with van der Waals surface area (Å²) in [5.41, 5.74) is 2.54. The van der Waals surface area contributed by atoms with Crippen LogP contribution in [0, 0.1) is 5.92 Å². The topological polar surface area (TPSA) is 18.5 Å². The molecule has 0 heterocycles. The Kier molecular flexibility index (Phi) is 10.3. The van der Waals surface area contributed by atoms with Gasteiger partial charge in [0.25, 0.3) is 8.32 Å². The van der Waals surface area contributed by atoms with Crippen LogP contribution in [0.5, 0.6) is 0 Å². The van der Waals surface area contributed by atoms with Crippen LogP contribution < -0.4 is 10.4 Å². The summed E-state index contributed by atoms with van der Waals surface area (Å²) < 4.78 is 13.5. The van der Waals surface area contributed by atoms with E-state index in [0.29, 0.717) is 19.1 Å². The number of rotatable bonds is 10. The normalized spacial score (nSPS) is 15.2. The third-order valence-corrected chi connectivity index (χ3v) is 17.0. The number of hydrogen-bond donors (Lipinski definition) is 0. The zero-order valence-electron chi connectivity index (χ0n) is 24.7. The van der Waals surface area contributed by atoms with Gasteiger partial charge in [-0.2, -0.15) is 0 Å². The quantitative estimate of drug-likeness (QED) is 0.232. The summed E-state index contributed by atoms with van der Waals surface area (Å²) in [6, 6.07) is 21.8. The van der Waals surface area contributed by atoms with Crippen LogP contribution >= 0.6 is 0 Å². The molecule has 198 valence electrons. The minimum absolute atomic E-state index is 0.00817. The first kappa shape index (κ1) is 30.5. The van der Waals surface area contributed by atoms with Gasteiger partial charge >= 0.3 is 0 Å². The molecule has 0 bridgehead atoms. The molecule has 0 unspecified atom stereocenters. The highest BCUT2D eigenvalue weighted by atomic mass is 28.4. The molecule has 4 heteroatoms. The third-order valence-electron chi connectivity index (χ3n) is 7.47. The van der Waals surface area contributed by atoms with Crippen LogP contribution in [-0.4, -0.2) is 29.8 Å². The highest BCUT2D eigenvalue weighted by molar-refractivity contribution is 6.99. The lowest BCUT2D eigenvalue weighted by molar-refractivity contribution is 0.267. The van der Waals surface area contributed by atoms with Crippen molar-refractivity contribution in [2.75, 3.05) is 13.2 Å². The molecule has 0 amide bonds. The lowest BCUT2D eigenvalue weighted by Crippen LogP contribution is -2.66. The average molecular weight is 523 g/mol. The second kappa shape index (κ2) is 12.2. The third kappa shape index (κ3) is 7.64. The second-order valence-electron chi connectivity index (χ2n) is 12.9. The van der Waals surface area contributed by atoms with Gasteiger partial charge in [-0.25, -0.2) is 0 Å². The summed E-state index contributed by atoms with van der Waals surface area (Å²) in [5, 5.41) is 2.88. The fraction of sp³-hybridized carbons (Fsp3) is 0.500. The molecule has 0 aliphatic rings. The SMILES string of the molecule is CC(=C/[C@H](C)CO[Si](c1ccccc1)(c1ccccc1)C(C)(C)C)/C=C(/C)CO[Si](C)(C)C(C)(C)C. The predicted molar refractivity (Wildman–Crippen MR) is 163 cm³/mol. The Hall–Kier alpha value is -1.73. The maximum atomic E-state index is 7.12. The van der Waals surface area contributed by atoms with Crippen molar-refractivity contribution in [3.63, 3.8) is 0 Å². The minimum Gasteiger partial charge on any atom is -0.413 e. The molecule has 2 nitrogen and oxygen atoms in total. The molecule has 0 N–H and O–H groups in total. The molecule has 0 aliphatic heterocycles. The van der Waals surface area contributed by atoms with Crippen LogP contribution in [0.2, 0.25) is 23.2 Å². The maximum Gasteiger partial charge on any atom is 0.261 e. The molecule has 0 aliphatic carbocycles. The van der Waals surface area contributed by atoms with E-state index >= 15 is 0 Å². The molecular formula is C32H50O2Si2. The smallest absolute Gasteiger partial charge is 0.261 e. The molecule has 0 aromatic heterocycles. The molecule has 0 saturated carbocycles. The Labute approximate surface area is 224 Å². The molecule has 36 heavy (non-hydrogen) atoms. The van der Waals surface area contributed by atoms with Gasteiger partial charge in [0, 0.05) is 6.61 Å². The Bertz CT molecular complexity index is 970. The zero-order chi connectivity index (χ0) is 27.2. The standard InChI is InChI=1S/C32H50O2Si2/c1-26(22-27(2)24-33-35(10,11)31(4,5)6)23-28(3)25-34-36(32(7,8)9,29-18-14-12-15-19-29)30-20-16-13-17-21-30/h12-23,28H,24-25H2,1-11H3/b26-23-,27-22-/t28-/m0/s1. The van der Waals surface area contributed by atoms with Gasteiger partial charge in [0.15, 0.2) is 8.32 Å². The lowest BCUT2D eigenvalue weighted by Gasteiger charge is -2.43. The summed E-state index contributed by atoms with van der Waals surface area (Å²) in [6.45, 7) is 26.5. The van der Waals surface area contributed by atoms with Crippen LogP contribution in [0.4, 0.5) is 0 Å². The van der Waals surface area contributed by atoms with E-state index in [1.165, 1.54) is 21.5 Å². The van der Waals surface area contributed by atoms with Gasteiger partial charge in [-0.15, -0.1) is 0 Å². The van der Waals surface area contributed by atoms with Crippen molar-refractivity contribution in [2.24, 2.45) is 5.92 Å². The molecule has 1 atom stereocenters. The monoisotopic (exact) mass is 522 g/mol. The Morgan fingerprint density at radius 3 is 1.67 bits per heavy atom. The highest BCUT2D eigenvalue weighted by Gasteiger charge is 2.50. The van der Waals surface area contributed by atoms with Crippen LogP contribution in [0.25, 0.3) is 0 Å². The van der Waals surface area contributed by atoms with E-state index in [-0.39, 0.29) is 10.1 Å². The van der Waals surface area contributed by atoms with Gasteiger partial charge in [-0.3, -0.25) is 0 Å². The number of allylic oxidation sites excluding steroid dienone is 2. The van der Waals surface area contributed by atoms with Gasteiger partial charge in [0.2, 0.25) is 0 Å². The van der Waals surface area contributed by atoms with E-state index in [0.717, 1.165) is 0 Å². The first-order valence-corrected chi connectivity index (χ1v) is 18.2. The van der Waals surface area contributed by atoms with Crippen LogP contribution in [0.1, 0.15) is 62.3 Å². The van der Waals surface area contributed by atoms with Gasteiger partial charge < -0.3 is 8.85 Å². The summed E-state index contributed by atoms with van der Waals surface area (Å²) >= 11 is 0. The van der Waals surface area contributed by atoms with Crippen molar-refractivity contribution in [2.45, 2.75) is 85.5 Å². The van der Waals surface area contributed by atoms with Crippen molar-refractivity contribution in [1.82, 2.24) is 0 Å². The largest absolute Gasteiger partial charge is 0.413 e. The van der Waals surface area contributed by atoms with Crippen molar-refractivity contribution in [3.05, 3.63) is 84.0 Å². The van der Waals surface area contributed by atoms with Crippen molar-refractivity contribution >= 4 is 27.0 Å². The van der Waals surface area contributed by atoms with Crippen LogP contribution in [0.15, 0.2) is 84.0 Å².